The summed E-state index contributed by atoms with van der Waals surface area (Å²) < 4.78 is 7.58. The molecule has 4 rings (SSSR count). The van der Waals surface area contributed by atoms with Crippen LogP contribution >= 0.6 is 34.7 Å². The monoisotopic (exact) mass is 350 g/mol. The van der Waals surface area contributed by atoms with Crippen LogP contribution in [0.5, 0.6) is 0 Å². The molecule has 3 aromatic rings. The van der Waals surface area contributed by atoms with E-state index in [1.54, 1.807) is 23.6 Å². The fourth-order valence-electron chi connectivity index (χ4n) is 2.27. The molecule has 0 spiro atoms. The van der Waals surface area contributed by atoms with E-state index >= 15 is 0 Å². The van der Waals surface area contributed by atoms with Gasteiger partial charge in [0.15, 0.2) is 15.8 Å². The molecule has 0 N–H and O–H groups in total. The van der Waals surface area contributed by atoms with Crippen LogP contribution < -0.4 is 0 Å². The Labute approximate surface area is 140 Å². The molecule has 4 heterocycles. The molecule has 0 radical (unpaired) electrons. The van der Waals surface area contributed by atoms with Crippen molar-refractivity contribution in [2.45, 2.75) is 28.3 Å². The first-order valence-electron chi connectivity index (χ1n) is 6.83. The molecule has 0 saturated carbocycles. The summed E-state index contributed by atoms with van der Waals surface area (Å²) in [5, 5.41) is 1.21. The minimum Gasteiger partial charge on any atom is -0.370 e. The molecule has 1 aliphatic rings. The molecule has 112 valence electrons. The molecule has 0 aromatic carbocycles. The average Bonchev–Trinajstić information content (AvgIpc) is 3.15. The summed E-state index contributed by atoms with van der Waals surface area (Å²) in [7, 11) is 0. The summed E-state index contributed by atoms with van der Waals surface area (Å²) in [5.74, 6) is 0.659. The Morgan fingerprint density at radius 3 is 3.09 bits per heavy atom. The van der Waals surface area contributed by atoms with Crippen LogP contribution in [0.1, 0.15) is 24.8 Å². The van der Waals surface area contributed by atoms with Crippen molar-refractivity contribution in [3.63, 3.8) is 0 Å². The molecule has 0 amide bonds. The van der Waals surface area contributed by atoms with Gasteiger partial charge in [-0.15, -0.1) is 11.3 Å². The zero-order valence-corrected chi connectivity index (χ0v) is 13.8. The Kier molecular flexibility index (Phi) is 3.96. The molecular weight excluding hydrogens is 340 g/mol. The zero-order chi connectivity index (χ0) is 14.9. The van der Waals surface area contributed by atoms with E-state index in [4.69, 9.17) is 16.3 Å². The van der Waals surface area contributed by atoms with Crippen molar-refractivity contribution < 1.29 is 4.74 Å². The van der Waals surface area contributed by atoms with E-state index in [0.717, 1.165) is 39.2 Å². The Morgan fingerprint density at radius 2 is 2.27 bits per heavy atom. The van der Waals surface area contributed by atoms with Gasteiger partial charge in [0.05, 0.1) is 4.70 Å². The first kappa shape index (κ1) is 14.3. The smallest absolute Gasteiger partial charge is 0.171 e. The summed E-state index contributed by atoms with van der Waals surface area (Å²) in [6.45, 7) is 0.757. The molecule has 1 unspecified atom stereocenters. The van der Waals surface area contributed by atoms with Gasteiger partial charge in [-0.25, -0.2) is 19.9 Å². The topological polar surface area (TPSA) is 60.8 Å². The van der Waals surface area contributed by atoms with Gasteiger partial charge < -0.3 is 4.74 Å². The van der Waals surface area contributed by atoms with Crippen molar-refractivity contribution >= 4 is 45.0 Å². The van der Waals surface area contributed by atoms with Crippen LogP contribution in [0.3, 0.4) is 0 Å². The van der Waals surface area contributed by atoms with E-state index in [1.807, 2.05) is 12.1 Å². The number of fused-ring (bicyclic) bond motifs is 1. The van der Waals surface area contributed by atoms with E-state index < -0.39 is 0 Å². The second kappa shape index (κ2) is 6.08. The lowest BCUT2D eigenvalue weighted by Crippen LogP contribution is -2.03. The first-order valence-corrected chi connectivity index (χ1v) is 8.84. The highest BCUT2D eigenvalue weighted by molar-refractivity contribution is 8.01. The molecule has 1 saturated heterocycles. The summed E-state index contributed by atoms with van der Waals surface area (Å²) in [5.41, 5.74) is 0.759. The summed E-state index contributed by atoms with van der Waals surface area (Å²) >= 11 is 9.19. The fraction of sp³-hybridized carbons (Fsp3) is 0.286. The van der Waals surface area contributed by atoms with E-state index in [-0.39, 0.29) is 6.10 Å². The predicted molar refractivity (Wildman–Crippen MR) is 86.5 cm³/mol. The lowest BCUT2D eigenvalue weighted by Gasteiger charge is -2.09. The average molecular weight is 351 g/mol. The van der Waals surface area contributed by atoms with Gasteiger partial charge in [-0.3, -0.25) is 0 Å². The number of hydrogen-bond donors (Lipinski definition) is 0. The Bertz CT molecular complexity index is 786. The maximum atomic E-state index is 6.12. The fourth-order valence-corrected chi connectivity index (χ4v) is 4.50. The molecule has 8 heteroatoms. The maximum Gasteiger partial charge on any atom is 0.171 e. The molecule has 1 atom stereocenters. The largest absolute Gasteiger partial charge is 0.370 e. The Balaban J connectivity index is 1.64. The Morgan fingerprint density at radius 1 is 1.32 bits per heavy atom. The third-order valence-electron chi connectivity index (χ3n) is 3.24. The molecule has 22 heavy (non-hydrogen) atoms. The van der Waals surface area contributed by atoms with Crippen LogP contribution in [-0.4, -0.2) is 26.5 Å². The number of thiazole rings is 1. The second-order valence-electron chi connectivity index (χ2n) is 4.80. The van der Waals surface area contributed by atoms with Crippen LogP contribution in [0.15, 0.2) is 33.8 Å². The summed E-state index contributed by atoms with van der Waals surface area (Å²) in [6.07, 6.45) is 3.67. The standard InChI is InChI=1S/C14H11ClN4OS2/c15-10-7-11(18-12(17-10)8-3-2-6-20-8)22-14-19-13-9(21-14)4-1-5-16-13/h1,4-5,7-8H,2-3,6H2. The number of pyridine rings is 1. The summed E-state index contributed by atoms with van der Waals surface area (Å²) in [4.78, 5) is 17.6. The van der Waals surface area contributed by atoms with Gasteiger partial charge >= 0.3 is 0 Å². The van der Waals surface area contributed by atoms with Gasteiger partial charge in [0.25, 0.3) is 0 Å². The normalized spacial score (nSPS) is 18.1. The van der Waals surface area contributed by atoms with Gasteiger partial charge in [-0.1, -0.05) is 11.6 Å². The number of hydrogen-bond acceptors (Lipinski definition) is 7. The highest BCUT2D eigenvalue weighted by Crippen LogP contribution is 2.35. The van der Waals surface area contributed by atoms with Crippen LogP contribution in [-0.2, 0) is 4.74 Å². The van der Waals surface area contributed by atoms with Gasteiger partial charge in [0.1, 0.15) is 16.3 Å². The van der Waals surface area contributed by atoms with Crippen molar-refractivity contribution in [1.29, 1.82) is 0 Å². The minimum atomic E-state index is -0.0462. The van der Waals surface area contributed by atoms with Crippen LogP contribution in [0.4, 0.5) is 0 Å². The molecule has 3 aromatic heterocycles. The van der Waals surface area contributed by atoms with E-state index in [1.165, 1.54) is 11.8 Å². The van der Waals surface area contributed by atoms with Crippen molar-refractivity contribution in [3.05, 3.63) is 35.4 Å². The Hall–Kier alpha value is -1.28. The summed E-state index contributed by atoms with van der Waals surface area (Å²) in [6, 6.07) is 5.67. The highest BCUT2D eigenvalue weighted by atomic mass is 35.5. The third-order valence-corrected chi connectivity index (χ3v) is 5.43. The van der Waals surface area contributed by atoms with Gasteiger partial charge in [-0.2, -0.15) is 0 Å². The zero-order valence-electron chi connectivity index (χ0n) is 11.4. The maximum absolute atomic E-state index is 6.12. The van der Waals surface area contributed by atoms with Gasteiger partial charge in [0.2, 0.25) is 0 Å². The lowest BCUT2D eigenvalue weighted by atomic mass is 10.2. The minimum absolute atomic E-state index is 0.0462. The highest BCUT2D eigenvalue weighted by Gasteiger charge is 2.22. The van der Waals surface area contributed by atoms with Crippen LogP contribution in [0.2, 0.25) is 5.15 Å². The number of nitrogens with zero attached hydrogens (tertiary/aromatic N) is 4. The molecular formula is C14H11ClN4OS2. The quantitative estimate of drug-likeness (QED) is 0.662. The van der Waals surface area contributed by atoms with Gasteiger partial charge in [0, 0.05) is 18.9 Å². The molecule has 1 aliphatic heterocycles. The van der Waals surface area contributed by atoms with Crippen molar-refractivity contribution in [3.8, 4) is 0 Å². The number of ether oxygens (including phenoxy) is 1. The van der Waals surface area contributed by atoms with E-state index in [0.29, 0.717) is 11.0 Å². The number of aromatic nitrogens is 4. The van der Waals surface area contributed by atoms with E-state index in [2.05, 4.69) is 19.9 Å². The van der Waals surface area contributed by atoms with Crippen LogP contribution in [0, 0.1) is 0 Å². The predicted octanol–water partition coefficient (Wildman–Crippen LogP) is 4.14. The lowest BCUT2D eigenvalue weighted by molar-refractivity contribution is 0.104. The molecule has 0 aliphatic carbocycles. The van der Waals surface area contributed by atoms with Gasteiger partial charge in [-0.05, 0) is 36.7 Å². The van der Waals surface area contributed by atoms with Crippen molar-refractivity contribution in [1.82, 2.24) is 19.9 Å². The second-order valence-corrected chi connectivity index (χ2v) is 7.48. The third kappa shape index (κ3) is 2.94. The first-order chi connectivity index (χ1) is 10.8. The molecule has 5 nitrogen and oxygen atoms in total. The van der Waals surface area contributed by atoms with E-state index in [9.17, 15) is 0 Å². The number of rotatable bonds is 3. The van der Waals surface area contributed by atoms with Crippen molar-refractivity contribution in [2.24, 2.45) is 0 Å². The van der Waals surface area contributed by atoms with Crippen LogP contribution in [0.25, 0.3) is 10.3 Å². The molecule has 1 fully saturated rings. The number of halogens is 1. The SMILES string of the molecule is Clc1cc(Sc2nc3ncccc3s2)nc(C2CCCO2)n1. The molecule has 0 bridgehead atoms. The van der Waals surface area contributed by atoms with Crippen molar-refractivity contribution in [2.75, 3.05) is 6.61 Å².